The molecule has 0 aliphatic carbocycles. The van der Waals surface area contributed by atoms with Gasteiger partial charge in [0.25, 0.3) is 5.92 Å². The summed E-state index contributed by atoms with van der Waals surface area (Å²) in [4.78, 5) is 10.6. The largest absolute Gasteiger partial charge is 0.456 e. The van der Waals surface area contributed by atoms with E-state index in [0.29, 0.717) is 0 Å². The summed E-state index contributed by atoms with van der Waals surface area (Å²) in [6.07, 6.45) is -7.32. The number of rotatable bonds is 4. The number of esters is 1. The van der Waals surface area contributed by atoms with E-state index >= 15 is 0 Å². The summed E-state index contributed by atoms with van der Waals surface area (Å²) < 4.78 is 63.7. The van der Waals surface area contributed by atoms with Gasteiger partial charge < -0.3 is 4.74 Å². The van der Waals surface area contributed by atoms with Crippen molar-refractivity contribution in [1.29, 1.82) is 0 Å². The van der Waals surface area contributed by atoms with Crippen LogP contribution in [-0.4, -0.2) is 24.7 Å². The van der Waals surface area contributed by atoms with Gasteiger partial charge in [-0.25, -0.2) is 13.6 Å². The van der Waals surface area contributed by atoms with Gasteiger partial charge in [-0.1, -0.05) is 6.58 Å². The molecule has 0 N–H and O–H groups in total. The van der Waals surface area contributed by atoms with Crippen molar-refractivity contribution in [2.24, 2.45) is 0 Å². The molecule has 0 saturated carbocycles. The second-order valence-electron chi connectivity index (χ2n) is 3.00. The highest BCUT2D eigenvalue weighted by molar-refractivity contribution is 5.86. The number of alkyl halides is 5. The fourth-order valence-electron chi connectivity index (χ4n) is 0.639. The van der Waals surface area contributed by atoms with Gasteiger partial charge in [0.1, 0.15) is 6.42 Å². The molecular weight excluding hydrogens is 223 g/mol. The molecule has 0 saturated heterocycles. The second-order valence-corrected chi connectivity index (χ2v) is 3.00. The molecule has 0 aromatic heterocycles. The van der Waals surface area contributed by atoms with Crippen LogP contribution in [0.15, 0.2) is 12.2 Å². The molecule has 0 aliphatic rings. The van der Waals surface area contributed by atoms with Crippen molar-refractivity contribution in [2.75, 3.05) is 6.61 Å². The van der Waals surface area contributed by atoms with E-state index < -0.39 is 31.1 Å². The molecule has 0 aromatic rings. The SMILES string of the molecule is C=C(C)C(=O)OCC(F)(F)CC(F)(F)F. The molecule has 0 heterocycles. The molecule has 0 radical (unpaired) electrons. The summed E-state index contributed by atoms with van der Waals surface area (Å²) in [5.41, 5.74) is -0.155. The molecule has 0 rings (SSSR count). The van der Waals surface area contributed by atoms with Crippen LogP contribution in [0.1, 0.15) is 13.3 Å². The molecule has 0 aliphatic heterocycles. The molecular formula is C8H9F5O2. The summed E-state index contributed by atoms with van der Waals surface area (Å²) in [5.74, 6) is -5.25. The second kappa shape index (κ2) is 4.59. The number of carbonyl (C=O) groups excluding carboxylic acids is 1. The first kappa shape index (κ1) is 13.9. The average molecular weight is 232 g/mol. The third-order valence-electron chi connectivity index (χ3n) is 1.22. The van der Waals surface area contributed by atoms with Crippen LogP contribution in [0, 0.1) is 0 Å². The number of hydrogen-bond acceptors (Lipinski definition) is 2. The van der Waals surface area contributed by atoms with E-state index in [-0.39, 0.29) is 5.57 Å². The smallest absolute Gasteiger partial charge is 0.394 e. The molecule has 0 atom stereocenters. The Balaban J connectivity index is 4.16. The molecule has 15 heavy (non-hydrogen) atoms. The zero-order valence-corrected chi connectivity index (χ0v) is 7.83. The van der Waals surface area contributed by atoms with Crippen molar-refractivity contribution in [3.63, 3.8) is 0 Å². The number of hydrogen-bond donors (Lipinski definition) is 0. The normalized spacial score (nSPS) is 12.4. The maximum Gasteiger partial charge on any atom is 0.394 e. The van der Waals surface area contributed by atoms with Gasteiger partial charge in [0.05, 0.1) is 0 Å². The molecule has 0 unspecified atom stereocenters. The van der Waals surface area contributed by atoms with Crippen LogP contribution in [0.3, 0.4) is 0 Å². The maximum absolute atomic E-state index is 12.5. The minimum Gasteiger partial charge on any atom is -0.456 e. The standard InChI is InChI=1S/C8H9F5O2/c1-5(2)6(14)15-4-7(9,10)3-8(11,12)13/h1,3-4H2,2H3. The van der Waals surface area contributed by atoms with Gasteiger partial charge in [0.2, 0.25) is 0 Å². The highest BCUT2D eigenvalue weighted by atomic mass is 19.4. The molecule has 0 aromatic carbocycles. The highest BCUT2D eigenvalue weighted by Crippen LogP contribution is 2.31. The first-order chi connectivity index (χ1) is 6.53. The van der Waals surface area contributed by atoms with Gasteiger partial charge in [-0.2, -0.15) is 13.2 Å². The molecule has 0 fully saturated rings. The Morgan fingerprint density at radius 2 is 1.73 bits per heavy atom. The Morgan fingerprint density at radius 3 is 2.07 bits per heavy atom. The molecule has 0 amide bonds. The zero-order chi connectivity index (χ0) is 12.3. The van der Waals surface area contributed by atoms with E-state index in [1.54, 1.807) is 0 Å². The van der Waals surface area contributed by atoms with Crippen LogP contribution in [0.2, 0.25) is 0 Å². The summed E-state index contributed by atoms with van der Waals surface area (Å²) >= 11 is 0. The van der Waals surface area contributed by atoms with E-state index in [0.717, 1.165) is 0 Å². The lowest BCUT2D eigenvalue weighted by Crippen LogP contribution is -2.31. The highest BCUT2D eigenvalue weighted by Gasteiger charge is 2.44. The monoisotopic (exact) mass is 232 g/mol. The fraction of sp³-hybridized carbons (Fsp3) is 0.625. The minimum atomic E-state index is -5.00. The van der Waals surface area contributed by atoms with Crippen LogP contribution in [-0.2, 0) is 9.53 Å². The molecule has 88 valence electrons. The van der Waals surface area contributed by atoms with Gasteiger partial charge in [-0.15, -0.1) is 0 Å². The lowest BCUT2D eigenvalue weighted by atomic mass is 10.2. The van der Waals surface area contributed by atoms with Crippen molar-refractivity contribution in [1.82, 2.24) is 0 Å². The quantitative estimate of drug-likeness (QED) is 0.423. The van der Waals surface area contributed by atoms with E-state index in [4.69, 9.17) is 0 Å². The average Bonchev–Trinajstić information content (AvgIpc) is 1.95. The van der Waals surface area contributed by atoms with Crippen LogP contribution < -0.4 is 0 Å². The fourth-order valence-corrected chi connectivity index (χ4v) is 0.639. The lowest BCUT2D eigenvalue weighted by molar-refractivity contribution is -0.202. The van der Waals surface area contributed by atoms with Crippen molar-refractivity contribution in [3.8, 4) is 0 Å². The Bertz CT molecular complexity index is 256. The van der Waals surface area contributed by atoms with Crippen molar-refractivity contribution in [3.05, 3.63) is 12.2 Å². The van der Waals surface area contributed by atoms with Gasteiger partial charge in [-0.3, -0.25) is 0 Å². The number of ether oxygens (including phenoxy) is 1. The van der Waals surface area contributed by atoms with Crippen LogP contribution >= 0.6 is 0 Å². The first-order valence-corrected chi connectivity index (χ1v) is 3.81. The lowest BCUT2D eigenvalue weighted by Gasteiger charge is -2.17. The van der Waals surface area contributed by atoms with Crippen molar-refractivity contribution < 1.29 is 31.5 Å². The van der Waals surface area contributed by atoms with Crippen LogP contribution in [0.5, 0.6) is 0 Å². The van der Waals surface area contributed by atoms with E-state index in [2.05, 4.69) is 11.3 Å². The number of halogens is 5. The maximum atomic E-state index is 12.5. The summed E-state index contributed by atoms with van der Waals surface area (Å²) in [5, 5.41) is 0. The summed E-state index contributed by atoms with van der Waals surface area (Å²) in [7, 11) is 0. The van der Waals surface area contributed by atoms with Crippen molar-refractivity contribution in [2.45, 2.75) is 25.4 Å². The molecule has 0 bridgehead atoms. The van der Waals surface area contributed by atoms with E-state index in [1.807, 2.05) is 0 Å². The summed E-state index contributed by atoms with van der Waals surface area (Å²) in [6.45, 7) is 2.69. The summed E-state index contributed by atoms with van der Waals surface area (Å²) in [6, 6.07) is 0. The third-order valence-corrected chi connectivity index (χ3v) is 1.22. The molecule has 2 nitrogen and oxygen atoms in total. The van der Waals surface area contributed by atoms with Gasteiger partial charge in [0.15, 0.2) is 6.61 Å². The Labute approximate surface area is 82.7 Å². The van der Waals surface area contributed by atoms with Crippen molar-refractivity contribution >= 4 is 5.97 Å². The Morgan fingerprint density at radius 1 is 1.27 bits per heavy atom. The molecule has 7 heteroatoms. The topological polar surface area (TPSA) is 26.3 Å². The third kappa shape index (κ3) is 6.87. The van der Waals surface area contributed by atoms with Crippen LogP contribution in [0.25, 0.3) is 0 Å². The predicted molar refractivity (Wildman–Crippen MR) is 41.4 cm³/mol. The van der Waals surface area contributed by atoms with Gasteiger partial charge >= 0.3 is 12.1 Å². The van der Waals surface area contributed by atoms with E-state index in [9.17, 15) is 26.7 Å². The molecule has 0 spiro atoms. The first-order valence-electron chi connectivity index (χ1n) is 3.81. The van der Waals surface area contributed by atoms with Gasteiger partial charge in [0, 0.05) is 5.57 Å². The predicted octanol–water partition coefficient (Wildman–Crippen LogP) is 2.69. The number of carbonyl (C=O) groups is 1. The minimum absolute atomic E-state index is 0.155. The Hall–Kier alpha value is -1.14. The zero-order valence-electron chi connectivity index (χ0n) is 7.83. The van der Waals surface area contributed by atoms with E-state index in [1.165, 1.54) is 6.92 Å². The Kier molecular flexibility index (Phi) is 4.24. The van der Waals surface area contributed by atoms with Crippen LogP contribution in [0.4, 0.5) is 22.0 Å². The van der Waals surface area contributed by atoms with Gasteiger partial charge in [-0.05, 0) is 6.92 Å².